The lowest BCUT2D eigenvalue weighted by molar-refractivity contribution is -0.0524. The molecule has 0 radical (unpaired) electrons. The zero-order valence-electron chi connectivity index (χ0n) is 19.0. The number of rotatable bonds is 9. The van der Waals surface area contributed by atoms with E-state index >= 15 is 0 Å². The van der Waals surface area contributed by atoms with Gasteiger partial charge in [0.15, 0.2) is 5.72 Å². The summed E-state index contributed by atoms with van der Waals surface area (Å²) in [5.74, 6) is -0.210. The van der Waals surface area contributed by atoms with Crippen molar-refractivity contribution in [2.45, 2.75) is 33.4 Å². The number of likely N-dealkylation sites (N-methyl/N-ethyl adjacent to an activating group) is 1. The van der Waals surface area contributed by atoms with E-state index in [4.69, 9.17) is 0 Å². The van der Waals surface area contributed by atoms with E-state index in [-0.39, 0.29) is 11.8 Å². The van der Waals surface area contributed by atoms with E-state index in [1.807, 2.05) is 26.0 Å². The van der Waals surface area contributed by atoms with Gasteiger partial charge in [0.2, 0.25) is 0 Å². The van der Waals surface area contributed by atoms with Crippen LogP contribution in [0.15, 0.2) is 48.5 Å². The van der Waals surface area contributed by atoms with Crippen molar-refractivity contribution in [1.29, 1.82) is 0 Å². The fraction of sp³-hybridized carbons (Fsp3) is 0.440. The second-order valence-electron chi connectivity index (χ2n) is 7.76. The lowest BCUT2D eigenvalue weighted by atomic mass is 9.93. The van der Waals surface area contributed by atoms with Gasteiger partial charge in [0.05, 0.1) is 0 Å². The molecule has 0 aliphatic carbocycles. The van der Waals surface area contributed by atoms with Crippen LogP contribution in [0, 0.1) is 0 Å². The molecule has 31 heavy (non-hydrogen) atoms. The molecule has 2 aromatic rings. The second kappa shape index (κ2) is 9.62. The van der Waals surface area contributed by atoms with Crippen molar-refractivity contribution >= 4 is 11.8 Å². The predicted molar refractivity (Wildman–Crippen MR) is 122 cm³/mol. The maximum absolute atomic E-state index is 13.2. The van der Waals surface area contributed by atoms with Crippen molar-refractivity contribution in [2.75, 3.05) is 39.3 Å². The zero-order valence-corrected chi connectivity index (χ0v) is 19.0. The van der Waals surface area contributed by atoms with Crippen LogP contribution in [-0.2, 0) is 5.72 Å². The molecule has 6 heteroatoms. The summed E-state index contributed by atoms with van der Waals surface area (Å²) in [6.45, 7) is 12.2. The van der Waals surface area contributed by atoms with Gasteiger partial charge in [0, 0.05) is 48.4 Å². The molecule has 0 spiro atoms. The highest BCUT2D eigenvalue weighted by Crippen LogP contribution is 2.42. The van der Waals surface area contributed by atoms with E-state index < -0.39 is 5.72 Å². The average Bonchev–Trinajstić information content (AvgIpc) is 3.03. The topological polar surface area (TPSA) is 64.1 Å². The molecule has 1 aliphatic rings. The van der Waals surface area contributed by atoms with E-state index in [0.29, 0.717) is 48.4 Å². The molecule has 6 nitrogen and oxygen atoms in total. The van der Waals surface area contributed by atoms with Crippen molar-refractivity contribution in [3.05, 3.63) is 70.8 Å². The number of benzene rings is 2. The Morgan fingerprint density at radius 1 is 0.935 bits per heavy atom. The summed E-state index contributed by atoms with van der Waals surface area (Å²) in [6.07, 6.45) is 0. The van der Waals surface area contributed by atoms with Crippen LogP contribution in [0.25, 0.3) is 0 Å². The van der Waals surface area contributed by atoms with E-state index in [1.165, 1.54) is 0 Å². The number of fused-ring (bicyclic) bond motifs is 1. The van der Waals surface area contributed by atoms with Gasteiger partial charge in [-0.3, -0.25) is 9.59 Å². The van der Waals surface area contributed by atoms with Gasteiger partial charge in [0.25, 0.3) is 11.8 Å². The van der Waals surface area contributed by atoms with Gasteiger partial charge in [-0.2, -0.15) is 0 Å². The number of carbonyl (C=O) groups excluding carboxylic acids is 2. The van der Waals surface area contributed by atoms with Crippen molar-refractivity contribution in [2.24, 2.45) is 0 Å². The number of nitrogens with zero attached hydrogens (tertiary/aromatic N) is 3. The van der Waals surface area contributed by atoms with Crippen molar-refractivity contribution in [3.8, 4) is 0 Å². The predicted octanol–water partition coefficient (Wildman–Crippen LogP) is 3.16. The minimum Gasteiger partial charge on any atom is -0.363 e. The number of amides is 2. The highest BCUT2D eigenvalue weighted by atomic mass is 16.3. The van der Waals surface area contributed by atoms with Crippen LogP contribution in [0.5, 0.6) is 0 Å². The highest BCUT2D eigenvalue weighted by molar-refractivity contribution is 6.00. The minimum absolute atomic E-state index is 0.0372. The van der Waals surface area contributed by atoms with E-state index in [9.17, 15) is 14.7 Å². The van der Waals surface area contributed by atoms with Crippen LogP contribution in [0.2, 0.25) is 0 Å². The fourth-order valence-corrected chi connectivity index (χ4v) is 4.31. The molecule has 0 bridgehead atoms. The summed E-state index contributed by atoms with van der Waals surface area (Å²) in [5, 5.41) is 11.9. The van der Waals surface area contributed by atoms with Crippen LogP contribution < -0.4 is 0 Å². The standard InChI is InChI=1S/C25H33N3O3/c1-5-26(6-2)17-18-28-24(30)21-11-9-10-12-22(21)25(28,31)20-15-13-19(14-16-20)23(29)27(7-3)8-4/h9-16,31H,5-8,17-18H2,1-4H3. The van der Waals surface area contributed by atoms with Crippen LogP contribution in [0.1, 0.15) is 59.5 Å². The third kappa shape index (κ3) is 4.10. The fourth-order valence-electron chi connectivity index (χ4n) is 4.31. The van der Waals surface area contributed by atoms with Gasteiger partial charge < -0.3 is 19.8 Å². The molecule has 166 valence electrons. The van der Waals surface area contributed by atoms with Crippen LogP contribution in [0.3, 0.4) is 0 Å². The lowest BCUT2D eigenvalue weighted by Gasteiger charge is -2.36. The monoisotopic (exact) mass is 423 g/mol. The summed E-state index contributed by atoms with van der Waals surface area (Å²) in [4.78, 5) is 31.4. The molecule has 0 fully saturated rings. The van der Waals surface area contributed by atoms with E-state index in [1.54, 1.807) is 46.2 Å². The van der Waals surface area contributed by atoms with Gasteiger partial charge in [0.1, 0.15) is 0 Å². The largest absolute Gasteiger partial charge is 0.363 e. The van der Waals surface area contributed by atoms with Crippen molar-refractivity contribution in [1.82, 2.24) is 14.7 Å². The number of aliphatic hydroxyl groups is 1. The van der Waals surface area contributed by atoms with Crippen LogP contribution in [-0.4, -0.2) is 70.9 Å². The Morgan fingerprint density at radius 3 is 2.13 bits per heavy atom. The van der Waals surface area contributed by atoms with Gasteiger partial charge in [-0.1, -0.05) is 44.2 Å². The van der Waals surface area contributed by atoms with Crippen LogP contribution >= 0.6 is 0 Å². The molecule has 0 saturated heterocycles. The Hall–Kier alpha value is -2.70. The molecule has 2 amide bonds. The Balaban J connectivity index is 1.98. The molecule has 2 aromatic carbocycles. The second-order valence-corrected chi connectivity index (χ2v) is 7.76. The maximum atomic E-state index is 13.2. The SMILES string of the molecule is CCN(CC)CCN1C(=O)c2ccccc2C1(O)c1ccc(C(=O)N(CC)CC)cc1. The quantitative estimate of drug-likeness (QED) is 0.673. The molecule has 3 rings (SSSR count). The summed E-state index contributed by atoms with van der Waals surface area (Å²) < 4.78 is 0. The Morgan fingerprint density at radius 2 is 1.55 bits per heavy atom. The molecule has 1 atom stereocenters. The third-order valence-corrected chi connectivity index (χ3v) is 6.29. The number of hydrogen-bond donors (Lipinski definition) is 1. The zero-order chi connectivity index (χ0) is 22.6. The molecule has 0 saturated carbocycles. The van der Waals surface area contributed by atoms with Gasteiger partial charge in [-0.25, -0.2) is 0 Å². The molecule has 1 N–H and O–H groups in total. The Labute approximate surface area is 185 Å². The molecule has 0 aromatic heterocycles. The molecular formula is C25H33N3O3. The smallest absolute Gasteiger partial charge is 0.257 e. The van der Waals surface area contributed by atoms with Gasteiger partial charge >= 0.3 is 0 Å². The Bertz CT molecular complexity index is 920. The van der Waals surface area contributed by atoms with Crippen molar-refractivity contribution < 1.29 is 14.7 Å². The first kappa shape index (κ1) is 23.0. The van der Waals surface area contributed by atoms with E-state index in [0.717, 1.165) is 13.1 Å². The van der Waals surface area contributed by atoms with Gasteiger partial charge in [-0.05, 0) is 45.1 Å². The maximum Gasteiger partial charge on any atom is 0.257 e. The van der Waals surface area contributed by atoms with E-state index in [2.05, 4.69) is 18.7 Å². The number of carbonyl (C=O) groups is 2. The summed E-state index contributed by atoms with van der Waals surface area (Å²) >= 11 is 0. The lowest BCUT2D eigenvalue weighted by Crippen LogP contribution is -2.48. The summed E-state index contributed by atoms with van der Waals surface area (Å²) in [7, 11) is 0. The third-order valence-electron chi connectivity index (χ3n) is 6.29. The van der Waals surface area contributed by atoms with Gasteiger partial charge in [-0.15, -0.1) is 0 Å². The summed E-state index contributed by atoms with van der Waals surface area (Å²) in [6, 6.07) is 14.2. The Kier molecular flexibility index (Phi) is 7.13. The van der Waals surface area contributed by atoms with Crippen molar-refractivity contribution in [3.63, 3.8) is 0 Å². The molecule has 1 unspecified atom stereocenters. The first-order chi connectivity index (χ1) is 14.9. The average molecular weight is 424 g/mol. The first-order valence-corrected chi connectivity index (χ1v) is 11.2. The first-order valence-electron chi connectivity index (χ1n) is 11.2. The minimum atomic E-state index is -1.56. The highest BCUT2D eigenvalue weighted by Gasteiger charge is 2.49. The molecule has 1 aliphatic heterocycles. The summed E-state index contributed by atoms with van der Waals surface area (Å²) in [5.41, 5.74) is 0.706. The number of hydrogen-bond acceptors (Lipinski definition) is 4. The molecular weight excluding hydrogens is 390 g/mol. The molecule has 1 heterocycles. The normalized spacial score (nSPS) is 17.9. The van der Waals surface area contributed by atoms with Crippen LogP contribution in [0.4, 0.5) is 0 Å².